The van der Waals surface area contributed by atoms with E-state index in [2.05, 4.69) is 10.6 Å². The largest absolute Gasteiger partial charge is 0.497 e. The van der Waals surface area contributed by atoms with Crippen LogP contribution in [0.4, 0.5) is 5.69 Å². The van der Waals surface area contributed by atoms with Crippen LogP contribution in [0.1, 0.15) is 6.42 Å². The number of carbonyl (C=O) groups is 2. The summed E-state index contributed by atoms with van der Waals surface area (Å²) in [6.07, 6.45) is 0.188. The van der Waals surface area contributed by atoms with Gasteiger partial charge in [-0.05, 0) is 12.1 Å². The summed E-state index contributed by atoms with van der Waals surface area (Å²) in [5.41, 5.74) is 0.672. The van der Waals surface area contributed by atoms with Gasteiger partial charge in [0.25, 0.3) is 0 Å². The Bertz CT molecular complexity index is 479. The van der Waals surface area contributed by atoms with Gasteiger partial charge in [0.05, 0.1) is 12.4 Å². The molecule has 1 heterocycles. The first-order chi connectivity index (χ1) is 9.19. The predicted molar refractivity (Wildman–Crippen MR) is 75.5 cm³/mol. The molecule has 0 unspecified atom stereocenters. The minimum absolute atomic E-state index is 0.0583. The van der Waals surface area contributed by atoms with Crippen LogP contribution in [0.5, 0.6) is 5.75 Å². The third-order valence-corrected chi connectivity index (χ3v) is 3.96. The molecular formula is C13H16N2O3S. The van der Waals surface area contributed by atoms with E-state index < -0.39 is 0 Å². The van der Waals surface area contributed by atoms with E-state index in [0.717, 1.165) is 5.75 Å². The number of benzene rings is 1. The molecule has 0 spiro atoms. The number of methoxy groups -OCH3 is 1. The summed E-state index contributed by atoms with van der Waals surface area (Å²) >= 11 is 1.52. The lowest BCUT2D eigenvalue weighted by molar-refractivity contribution is -0.123. The van der Waals surface area contributed by atoms with Gasteiger partial charge in [0.1, 0.15) is 5.75 Å². The molecule has 102 valence electrons. The van der Waals surface area contributed by atoms with Crippen LogP contribution >= 0.6 is 11.8 Å². The lowest BCUT2D eigenvalue weighted by atomic mass is 10.2. The zero-order chi connectivity index (χ0) is 13.7. The topological polar surface area (TPSA) is 67.4 Å². The maximum absolute atomic E-state index is 11.9. The molecule has 1 atom stereocenters. The van der Waals surface area contributed by atoms with Gasteiger partial charge < -0.3 is 15.4 Å². The zero-order valence-electron chi connectivity index (χ0n) is 10.6. The highest BCUT2D eigenvalue weighted by Crippen LogP contribution is 2.20. The third kappa shape index (κ3) is 3.89. The Morgan fingerprint density at radius 2 is 2.42 bits per heavy atom. The molecular weight excluding hydrogens is 264 g/mol. The van der Waals surface area contributed by atoms with Crippen LogP contribution < -0.4 is 15.4 Å². The Balaban J connectivity index is 1.91. The molecule has 0 bridgehead atoms. The molecule has 1 aliphatic rings. The monoisotopic (exact) mass is 280 g/mol. The van der Waals surface area contributed by atoms with Crippen LogP contribution in [-0.4, -0.2) is 36.5 Å². The van der Waals surface area contributed by atoms with Gasteiger partial charge in [0, 0.05) is 30.5 Å². The van der Waals surface area contributed by atoms with E-state index in [1.165, 1.54) is 11.8 Å². The normalized spacial score (nSPS) is 18.6. The van der Waals surface area contributed by atoms with Crippen molar-refractivity contribution >= 4 is 29.3 Å². The number of ether oxygens (including phenoxy) is 1. The van der Waals surface area contributed by atoms with Crippen LogP contribution in [0, 0.1) is 0 Å². The van der Waals surface area contributed by atoms with Crippen LogP contribution in [-0.2, 0) is 9.59 Å². The molecule has 2 rings (SSSR count). The lowest BCUT2D eigenvalue weighted by Crippen LogP contribution is -2.40. The number of carbonyl (C=O) groups excluding carboxylic acids is 2. The van der Waals surface area contributed by atoms with Gasteiger partial charge in [0.2, 0.25) is 11.8 Å². The number of amides is 2. The van der Waals surface area contributed by atoms with Crippen molar-refractivity contribution in [2.45, 2.75) is 11.7 Å². The first kappa shape index (κ1) is 13.7. The van der Waals surface area contributed by atoms with Crippen molar-refractivity contribution in [3.63, 3.8) is 0 Å². The number of rotatable bonds is 4. The summed E-state index contributed by atoms with van der Waals surface area (Å²) in [6, 6.07) is 7.14. The highest BCUT2D eigenvalue weighted by Gasteiger charge is 2.25. The maximum Gasteiger partial charge on any atom is 0.233 e. The average Bonchev–Trinajstić information content (AvgIpc) is 2.41. The highest BCUT2D eigenvalue weighted by atomic mass is 32.2. The first-order valence-corrected chi connectivity index (χ1v) is 7.07. The summed E-state index contributed by atoms with van der Waals surface area (Å²) in [7, 11) is 1.57. The Morgan fingerprint density at radius 3 is 3.16 bits per heavy atom. The molecule has 0 saturated carbocycles. The zero-order valence-corrected chi connectivity index (χ0v) is 11.5. The van der Waals surface area contributed by atoms with Crippen molar-refractivity contribution in [2.24, 2.45) is 0 Å². The summed E-state index contributed by atoms with van der Waals surface area (Å²) in [5.74, 6) is 1.31. The van der Waals surface area contributed by atoms with Crippen molar-refractivity contribution in [2.75, 3.05) is 24.7 Å². The van der Waals surface area contributed by atoms with Crippen LogP contribution in [0.25, 0.3) is 0 Å². The fraction of sp³-hybridized carbons (Fsp3) is 0.385. The van der Waals surface area contributed by atoms with Crippen LogP contribution in [0.3, 0.4) is 0 Å². The quantitative estimate of drug-likeness (QED) is 0.871. The van der Waals surface area contributed by atoms with Gasteiger partial charge in [0.15, 0.2) is 0 Å². The van der Waals surface area contributed by atoms with E-state index >= 15 is 0 Å². The molecule has 5 nitrogen and oxygen atoms in total. The smallest absolute Gasteiger partial charge is 0.233 e. The summed E-state index contributed by atoms with van der Waals surface area (Å²) in [5, 5.41) is 5.24. The molecule has 0 radical (unpaired) electrons. The van der Waals surface area contributed by atoms with E-state index in [9.17, 15) is 9.59 Å². The van der Waals surface area contributed by atoms with Crippen molar-refractivity contribution in [1.29, 1.82) is 0 Å². The summed E-state index contributed by atoms with van der Waals surface area (Å²) in [6.45, 7) is 0.678. The van der Waals surface area contributed by atoms with Gasteiger partial charge in [-0.25, -0.2) is 0 Å². The van der Waals surface area contributed by atoms with E-state index in [0.29, 0.717) is 18.0 Å². The Kier molecular flexibility index (Phi) is 4.68. The summed E-state index contributed by atoms with van der Waals surface area (Å²) < 4.78 is 5.08. The molecule has 6 heteroatoms. The Hall–Kier alpha value is -1.69. The van der Waals surface area contributed by atoms with Gasteiger partial charge in [-0.2, -0.15) is 0 Å². The van der Waals surface area contributed by atoms with Crippen LogP contribution in [0.2, 0.25) is 0 Å². The Labute approximate surface area is 116 Å². The molecule has 2 amide bonds. The first-order valence-electron chi connectivity index (χ1n) is 6.02. The second-order valence-corrected chi connectivity index (χ2v) is 5.45. The van der Waals surface area contributed by atoms with E-state index in [1.54, 1.807) is 31.4 Å². The molecule has 1 aromatic carbocycles. The second-order valence-electron chi connectivity index (χ2n) is 4.13. The van der Waals surface area contributed by atoms with Gasteiger partial charge in [-0.3, -0.25) is 9.59 Å². The van der Waals surface area contributed by atoms with Crippen molar-refractivity contribution in [3.8, 4) is 5.75 Å². The molecule has 1 aromatic rings. The van der Waals surface area contributed by atoms with Gasteiger partial charge >= 0.3 is 0 Å². The minimum Gasteiger partial charge on any atom is -0.497 e. The summed E-state index contributed by atoms with van der Waals surface area (Å²) in [4.78, 5) is 23.4. The molecule has 0 aliphatic carbocycles. The predicted octanol–water partition coefficient (Wildman–Crippen LogP) is 1.26. The van der Waals surface area contributed by atoms with E-state index in [-0.39, 0.29) is 23.5 Å². The molecule has 1 aliphatic heterocycles. The minimum atomic E-state index is -0.292. The lowest BCUT2D eigenvalue weighted by Gasteiger charge is -2.20. The van der Waals surface area contributed by atoms with Gasteiger partial charge in [-0.15, -0.1) is 11.8 Å². The van der Waals surface area contributed by atoms with E-state index in [4.69, 9.17) is 4.74 Å². The molecule has 2 N–H and O–H groups in total. The van der Waals surface area contributed by atoms with Crippen LogP contribution in [0.15, 0.2) is 24.3 Å². The highest BCUT2D eigenvalue weighted by molar-refractivity contribution is 8.00. The average molecular weight is 280 g/mol. The SMILES string of the molecule is COc1cccc(NC(=O)C[C@@H]2SCCNC2=O)c1. The standard InChI is InChI=1S/C13H16N2O3S/c1-18-10-4-2-3-9(7-10)15-12(16)8-11-13(17)14-5-6-19-11/h2-4,7,11H,5-6,8H2,1H3,(H,14,17)(H,15,16)/t11-/m0/s1. The number of hydrogen-bond acceptors (Lipinski definition) is 4. The number of nitrogens with one attached hydrogen (secondary N) is 2. The number of hydrogen-bond donors (Lipinski definition) is 2. The molecule has 1 saturated heterocycles. The maximum atomic E-state index is 11.9. The fourth-order valence-corrected chi connectivity index (χ4v) is 2.81. The van der Waals surface area contributed by atoms with Gasteiger partial charge in [-0.1, -0.05) is 6.07 Å². The van der Waals surface area contributed by atoms with Crippen molar-refractivity contribution in [3.05, 3.63) is 24.3 Å². The van der Waals surface area contributed by atoms with E-state index in [1.807, 2.05) is 0 Å². The fourth-order valence-electron chi connectivity index (χ4n) is 1.80. The van der Waals surface area contributed by atoms with Crippen molar-refractivity contribution < 1.29 is 14.3 Å². The Morgan fingerprint density at radius 1 is 1.58 bits per heavy atom. The molecule has 1 fully saturated rings. The van der Waals surface area contributed by atoms with Crippen molar-refractivity contribution in [1.82, 2.24) is 5.32 Å². The number of anilines is 1. The third-order valence-electron chi connectivity index (χ3n) is 2.74. The number of thioether (sulfide) groups is 1. The second kappa shape index (κ2) is 6.47. The molecule has 19 heavy (non-hydrogen) atoms. The molecule has 0 aromatic heterocycles.